The summed E-state index contributed by atoms with van der Waals surface area (Å²) in [5.74, 6) is 2.77. The zero-order valence-electron chi connectivity index (χ0n) is 13.0. The van der Waals surface area contributed by atoms with Crippen molar-refractivity contribution in [2.45, 2.75) is 51.5 Å². The van der Waals surface area contributed by atoms with E-state index in [-0.39, 0.29) is 0 Å². The Labute approximate surface area is 123 Å². The average molecular weight is 275 g/mol. The summed E-state index contributed by atoms with van der Waals surface area (Å²) in [6, 6.07) is 10.9. The van der Waals surface area contributed by atoms with Crippen LogP contribution in [0, 0.1) is 11.8 Å². The largest absolute Gasteiger partial charge is 0.494 e. The van der Waals surface area contributed by atoms with Crippen LogP contribution in [0.1, 0.15) is 45.4 Å². The van der Waals surface area contributed by atoms with Gasteiger partial charge in [0, 0.05) is 6.04 Å². The lowest BCUT2D eigenvalue weighted by Crippen LogP contribution is -2.38. The molecule has 0 bridgehead atoms. The van der Waals surface area contributed by atoms with Crippen LogP contribution in [0.5, 0.6) is 5.75 Å². The van der Waals surface area contributed by atoms with Gasteiger partial charge in [0.2, 0.25) is 0 Å². The van der Waals surface area contributed by atoms with Gasteiger partial charge in [0.25, 0.3) is 0 Å². The van der Waals surface area contributed by atoms with Crippen LogP contribution in [0.2, 0.25) is 0 Å². The fourth-order valence-corrected chi connectivity index (χ4v) is 3.48. The van der Waals surface area contributed by atoms with Crippen LogP contribution < -0.4 is 10.1 Å². The molecule has 0 radical (unpaired) electrons. The van der Waals surface area contributed by atoms with Crippen molar-refractivity contribution >= 4 is 0 Å². The number of nitrogens with one attached hydrogen (secondary N) is 1. The molecule has 2 rings (SSSR count). The number of ether oxygens (including phenoxy) is 1. The highest BCUT2D eigenvalue weighted by atomic mass is 16.5. The van der Waals surface area contributed by atoms with E-state index in [4.69, 9.17) is 4.74 Å². The highest BCUT2D eigenvalue weighted by Gasteiger charge is 2.28. The zero-order chi connectivity index (χ0) is 14.2. The Bertz CT molecular complexity index is 365. The van der Waals surface area contributed by atoms with E-state index >= 15 is 0 Å². The predicted octanol–water partition coefficient (Wildman–Crippen LogP) is 4.26. The highest BCUT2D eigenvalue weighted by molar-refractivity contribution is 5.20. The number of hydrogen-bond donors (Lipinski definition) is 1. The van der Waals surface area contributed by atoms with Gasteiger partial charge >= 0.3 is 0 Å². The number of benzene rings is 1. The van der Waals surface area contributed by atoms with E-state index in [0.29, 0.717) is 0 Å². The first-order valence-electron chi connectivity index (χ1n) is 8.18. The third-order valence-electron chi connectivity index (χ3n) is 4.77. The average Bonchev–Trinajstić information content (AvgIpc) is 2.52. The third kappa shape index (κ3) is 4.52. The molecule has 2 heteroatoms. The molecule has 3 atom stereocenters. The van der Waals surface area contributed by atoms with E-state index in [1.165, 1.54) is 32.1 Å². The van der Waals surface area contributed by atoms with E-state index in [9.17, 15) is 0 Å². The molecule has 112 valence electrons. The molecule has 0 spiro atoms. The van der Waals surface area contributed by atoms with Gasteiger partial charge in [-0.3, -0.25) is 0 Å². The van der Waals surface area contributed by atoms with E-state index in [2.05, 4.69) is 19.3 Å². The van der Waals surface area contributed by atoms with Crippen molar-refractivity contribution in [2.75, 3.05) is 13.7 Å². The summed E-state index contributed by atoms with van der Waals surface area (Å²) >= 11 is 0. The summed E-state index contributed by atoms with van der Waals surface area (Å²) in [4.78, 5) is 0. The summed E-state index contributed by atoms with van der Waals surface area (Å²) in [5.41, 5.74) is 0. The van der Waals surface area contributed by atoms with E-state index in [1.54, 1.807) is 0 Å². The summed E-state index contributed by atoms with van der Waals surface area (Å²) in [5, 5.41) is 3.52. The molecular formula is C18H29NO. The normalized spacial score (nSPS) is 26.4. The van der Waals surface area contributed by atoms with E-state index in [1.807, 2.05) is 30.3 Å². The Morgan fingerprint density at radius 3 is 2.70 bits per heavy atom. The Kier molecular flexibility index (Phi) is 6.38. The van der Waals surface area contributed by atoms with E-state index < -0.39 is 0 Å². The first kappa shape index (κ1) is 15.4. The highest BCUT2D eigenvalue weighted by Crippen LogP contribution is 2.33. The van der Waals surface area contributed by atoms with Crippen molar-refractivity contribution < 1.29 is 4.74 Å². The molecule has 1 aromatic rings. The minimum Gasteiger partial charge on any atom is -0.494 e. The monoisotopic (exact) mass is 275 g/mol. The van der Waals surface area contributed by atoms with Gasteiger partial charge in [-0.1, -0.05) is 31.5 Å². The second kappa shape index (κ2) is 8.31. The molecule has 0 saturated heterocycles. The molecule has 0 heterocycles. The maximum Gasteiger partial charge on any atom is 0.119 e. The molecule has 1 N–H and O–H groups in total. The predicted molar refractivity (Wildman–Crippen MR) is 85.1 cm³/mol. The molecule has 0 aliphatic heterocycles. The van der Waals surface area contributed by atoms with Crippen molar-refractivity contribution in [3.8, 4) is 5.75 Å². The Hall–Kier alpha value is -1.02. The maximum atomic E-state index is 5.80. The summed E-state index contributed by atoms with van der Waals surface area (Å²) in [6.45, 7) is 3.17. The molecule has 2 nitrogen and oxygen atoms in total. The van der Waals surface area contributed by atoms with Gasteiger partial charge in [0.05, 0.1) is 6.61 Å². The molecular weight excluding hydrogens is 246 g/mol. The molecule has 0 amide bonds. The molecule has 0 aromatic heterocycles. The molecule has 1 aliphatic rings. The van der Waals surface area contributed by atoms with Crippen LogP contribution in [0.4, 0.5) is 0 Å². The van der Waals surface area contributed by atoms with Crippen molar-refractivity contribution in [1.82, 2.24) is 5.32 Å². The molecule has 1 fully saturated rings. The van der Waals surface area contributed by atoms with Gasteiger partial charge < -0.3 is 10.1 Å². The van der Waals surface area contributed by atoms with Crippen LogP contribution in [0.25, 0.3) is 0 Å². The van der Waals surface area contributed by atoms with Gasteiger partial charge in [-0.2, -0.15) is 0 Å². The molecule has 3 unspecified atom stereocenters. The number of rotatable bonds is 7. The lowest BCUT2D eigenvalue weighted by molar-refractivity contribution is 0.183. The van der Waals surface area contributed by atoms with Crippen molar-refractivity contribution in [3.05, 3.63) is 30.3 Å². The van der Waals surface area contributed by atoms with E-state index in [0.717, 1.165) is 36.7 Å². The SMILES string of the molecule is CCC1CCC(NC)C(CCCOc2ccccc2)C1. The van der Waals surface area contributed by atoms with Gasteiger partial charge in [-0.15, -0.1) is 0 Å². The Balaban J connectivity index is 1.71. The number of para-hydroxylation sites is 1. The van der Waals surface area contributed by atoms with Gasteiger partial charge in [0.1, 0.15) is 5.75 Å². The lowest BCUT2D eigenvalue weighted by atomic mass is 9.75. The molecule has 1 saturated carbocycles. The first-order valence-corrected chi connectivity index (χ1v) is 8.18. The standard InChI is InChI=1S/C18H29NO/c1-3-15-11-12-18(19-2)16(14-15)8-7-13-20-17-9-5-4-6-10-17/h4-6,9-10,15-16,18-19H,3,7-8,11-14H2,1-2H3. The minimum absolute atomic E-state index is 0.717. The van der Waals surface area contributed by atoms with Crippen molar-refractivity contribution in [1.29, 1.82) is 0 Å². The second-order valence-corrected chi connectivity index (χ2v) is 6.05. The zero-order valence-corrected chi connectivity index (χ0v) is 13.0. The smallest absolute Gasteiger partial charge is 0.119 e. The van der Waals surface area contributed by atoms with Crippen LogP contribution >= 0.6 is 0 Å². The quantitative estimate of drug-likeness (QED) is 0.751. The fraction of sp³-hybridized carbons (Fsp3) is 0.667. The topological polar surface area (TPSA) is 21.3 Å². The maximum absolute atomic E-state index is 5.80. The molecule has 20 heavy (non-hydrogen) atoms. The van der Waals surface area contributed by atoms with Crippen LogP contribution in [-0.4, -0.2) is 19.7 Å². The first-order chi connectivity index (χ1) is 9.83. The Morgan fingerprint density at radius 1 is 1.20 bits per heavy atom. The van der Waals surface area contributed by atoms with Crippen molar-refractivity contribution in [2.24, 2.45) is 11.8 Å². The third-order valence-corrected chi connectivity index (χ3v) is 4.77. The fourth-order valence-electron chi connectivity index (χ4n) is 3.48. The van der Waals surface area contributed by atoms with Crippen LogP contribution in [0.15, 0.2) is 30.3 Å². The Morgan fingerprint density at radius 2 is 2.00 bits per heavy atom. The molecule has 1 aromatic carbocycles. The summed E-state index contributed by atoms with van der Waals surface area (Å²) < 4.78 is 5.80. The number of hydrogen-bond acceptors (Lipinski definition) is 2. The van der Waals surface area contributed by atoms with Crippen LogP contribution in [-0.2, 0) is 0 Å². The lowest BCUT2D eigenvalue weighted by Gasteiger charge is -2.36. The minimum atomic E-state index is 0.717. The van der Waals surface area contributed by atoms with Gasteiger partial charge in [0.15, 0.2) is 0 Å². The van der Waals surface area contributed by atoms with Crippen LogP contribution in [0.3, 0.4) is 0 Å². The van der Waals surface area contributed by atoms with Crippen molar-refractivity contribution in [3.63, 3.8) is 0 Å². The second-order valence-electron chi connectivity index (χ2n) is 6.05. The molecule has 1 aliphatic carbocycles. The summed E-state index contributed by atoms with van der Waals surface area (Å²) in [6.07, 6.45) is 7.93. The van der Waals surface area contributed by atoms with Gasteiger partial charge in [-0.25, -0.2) is 0 Å². The van der Waals surface area contributed by atoms with Gasteiger partial charge in [-0.05, 0) is 63.1 Å². The summed E-state index contributed by atoms with van der Waals surface area (Å²) in [7, 11) is 2.12.